The molecule has 2 aliphatic carbocycles. The number of halogens is 2. The third-order valence-corrected chi connectivity index (χ3v) is 6.55. The first-order chi connectivity index (χ1) is 12.5. The molecule has 0 aromatic rings. The fraction of sp³-hybridized carbons (Fsp3) is 0.900. The predicted octanol–water partition coefficient (Wildman–Crippen LogP) is 2.19. The van der Waals surface area contributed by atoms with Crippen LogP contribution < -0.4 is 11.1 Å². The number of hydrogen-bond donors (Lipinski definition) is 2. The molecule has 2 saturated carbocycles. The number of carbonyl (C=O) groups is 2. The highest BCUT2D eigenvalue weighted by Crippen LogP contribution is 2.27. The lowest BCUT2D eigenvalue weighted by molar-refractivity contribution is -0.134. The molecule has 3 rings (SSSR count). The van der Waals surface area contributed by atoms with Gasteiger partial charge in [0.25, 0.3) is 0 Å². The van der Waals surface area contributed by atoms with Crippen LogP contribution in [-0.4, -0.2) is 66.4 Å². The van der Waals surface area contributed by atoms with Crippen LogP contribution in [0.4, 0.5) is 0 Å². The molecule has 0 bridgehead atoms. The zero-order valence-electron chi connectivity index (χ0n) is 17.1. The van der Waals surface area contributed by atoms with Crippen molar-refractivity contribution in [2.75, 3.05) is 32.7 Å². The van der Waals surface area contributed by atoms with E-state index in [0.29, 0.717) is 24.9 Å². The molecule has 3 fully saturated rings. The fourth-order valence-corrected chi connectivity index (χ4v) is 4.87. The van der Waals surface area contributed by atoms with E-state index in [2.05, 4.69) is 17.1 Å². The quantitative estimate of drug-likeness (QED) is 0.691. The minimum atomic E-state index is 0. The molecule has 3 N–H and O–H groups in total. The summed E-state index contributed by atoms with van der Waals surface area (Å²) in [5, 5.41) is 3.21. The molecule has 0 aromatic carbocycles. The zero-order valence-corrected chi connectivity index (χ0v) is 18.7. The second-order valence-electron chi connectivity index (χ2n) is 8.75. The number of nitrogens with one attached hydrogen (secondary N) is 1. The molecule has 0 radical (unpaired) electrons. The maximum Gasteiger partial charge on any atom is 0.234 e. The Labute approximate surface area is 182 Å². The number of rotatable bonds is 5. The van der Waals surface area contributed by atoms with Crippen LogP contribution in [-0.2, 0) is 9.59 Å². The van der Waals surface area contributed by atoms with Gasteiger partial charge in [-0.15, -0.1) is 24.8 Å². The molecule has 1 saturated heterocycles. The van der Waals surface area contributed by atoms with Crippen LogP contribution in [0.5, 0.6) is 0 Å². The van der Waals surface area contributed by atoms with Crippen molar-refractivity contribution in [3.05, 3.63) is 0 Å². The lowest BCUT2D eigenvalue weighted by Gasteiger charge is -2.35. The van der Waals surface area contributed by atoms with E-state index in [9.17, 15) is 9.59 Å². The van der Waals surface area contributed by atoms with Crippen LogP contribution in [0, 0.1) is 11.8 Å². The van der Waals surface area contributed by atoms with Crippen molar-refractivity contribution in [1.29, 1.82) is 0 Å². The zero-order chi connectivity index (χ0) is 18.5. The van der Waals surface area contributed by atoms with Gasteiger partial charge in [-0.3, -0.25) is 14.5 Å². The SMILES string of the molecule is CC1CCCC(NC(=O)CN2CCN(C(=O)C[C@@H]3CCC[C@H]3N)CC2)C1.Cl.Cl. The van der Waals surface area contributed by atoms with Gasteiger partial charge in [-0.25, -0.2) is 0 Å². The third-order valence-electron chi connectivity index (χ3n) is 6.55. The summed E-state index contributed by atoms with van der Waals surface area (Å²) in [4.78, 5) is 28.9. The third kappa shape index (κ3) is 7.36. The van der Waals surface area contributed by atoms with E-state index in [4.69, 9.17) is 5.73 Å². The van der Waals surface area contributed by atoms with Crippen molar-refractivity contribution < 1.29 is 9.59 Å². The highest BCUT2D eigenvalue weighted by molar-refractivity contribution is 5.85. The fourth-order valence-electron chi connectivity index (χ4n) is 4.87. The summed E-state index contributed by atoms with van der Waals surface area (Å²) in [5.41, 5.74) is 6.10. The topological polar surface area (TPSA) is 78.7 Å². The van der Waals surface area contributed by atoms with Gasteiger partial charge in [0.15, 0.2) is 0 Å². The molecule has 2 amide bonds. The highest BCUT2D eigenvalue weighted by Gasteiger charge is 2.30. The molecule has 2 unspecified atom stereocenters. The first kappa shape index (κ1) is 25.5. The van der Waals surface area contributed by atoms with Gasteiger partial charge in [-0.2, -0.15) is 0 Å². The predicted molar refractivity (Wildman–Crippen MR) is 117 cm³/mol. The van der Waals surface area contributed by atoms with Crippen molar-refractivity contribution in [2.24, 2.45) is 17.6 Å². The van der Waals surface area contributed by atoms with Crippen molar-refractivity contribution >= 4 is 36.6 Å². The standard InChI is InChI=1S/C20H36N4O2.2ClH/c1-15-4-2-6-17(12-15)22-19(25)14-23-8-10-24(11-9-23)20(26)13-16-5-3-7-18(16)21;;/h15-18H,2-14,21H2,1H3,(H,22,25);2*1H/t15?,16-,17?,18+;;/m0../s1. The number of nitrogens with zero attached hydrogens (tertiary/aromatic N) is 2. The van der Waals surface area contributed by atoms with Crippen LogP contribution in [0.1, 0.15) is 58.3 Å². The highest BCUT2D eigenvalue weighted by atomic mass is 35.5. The van der Waals surface area contributed by atoms with Crippen LogP contribution in [0.2, 0.25) is 0 Å². The minimum Gasteiger partial charge on any atom is -0.352 e. The molecular weight excluding hydrogens is 399 g/mol. The molecule has 4 atom stereocenters. The first-order valence-corrected chi connectivity index (χ1v) is 10.6. The van der Waals surface area contributed by atoms with E-state index >= 15 is 0 Å². The Morgan fingerprint density at radius 3 is 2.29 bits per heavy atom. The molecule has 6 nitrogen and oxygen atoms in total. The van der Waals surface area contributed by atoms with Gasteiger partial charge in [-0.05, 0) is 37.5 Å². The molecule has 0 spiro atoms. The summed E-state index contributed by atoms with van der Waals surface area (Å²) in [6, 6.07) is 0.552. The first-order valence-electron chi connectivity index (χ1n) is 10.6. The summed E-state index contributed by atoms with van der Waals surface area (Å²) in [5.74, 6) is 1.47. The van der Waals surface area contributed by atoms with Crippen LogP contribution in [0.3, 0.4) is 0 Å². The molecule has 3 aliphatic rings. The summed E-state index contributed by atoms with van der Waals surface area (Å²) in [6.07, 6.45) is 8.63. The number of carbonyl (C=O) groups excluding carboxylic acids is 2. The monoisotopic (exact) mass is 436 g/mol. The van der Waals surface area contributed by atoms with E-state index in [0.717, 1.165) is 64.2 Å². The van der Waals surface area contributed by atoms with Gasteiger partial charge in [0.05, 0.1) is 6.54 Å². The van der Waals surface area contributed by atoms with E-state index in [-0.39, 0.29) is 42.7 Å². The second-order valence-corrected chi connectivity index (χ2v) is 8.75. The van der Waals surface area contributed by atoms with Gasteiger partial charge >= 0.3 is 0 Å². The number of nitrogens with two attached hydrogens (primary N) is 1. The Morgan fingerprint density at radius 2 is 1.68 bits per heavy atom. The molecular formula is C20H38Cl2N4O2. The smallest absolute Gasteiger partial charge is 0.234 e. The Morgan fingerprint density at radius 1 is 1.00 bits per heavy atom. The van der Waals surface area contributed by atoms with Gasteiger partial charge in [0, 0.05) is 44.7 Å². The summed E-state index contributed by atoms with van der Waals surface area (Å²) in [7, 11) is 0. The van der Waals surface area contributed by atoms with Crippen LogP contribution >= 0.6 is 24.8 Å². The number of hydrogen-bond acceptors (Lipinski definition) is 4. The van der Waals surface area contributed by atoms with Gasteiger partial charge in [0.2, 0.25) is 11.8 Å². The summed E-state index contributed by atoms with van der Waals surface area (Å²) >= 11 is 0. The average Bonchev–Trinajstić information content (AvgIpc) is 3.00. The van der Waals surface area contributed by atoms with E-state index in [1.165, 1.54) is 12.8 Å². The molecule has 1 heterocycles. The van der Waals surface area contributed by atoms with Crippen molar-refractivity contribution in [3.8, 4) is 0 Å². The number of piperazine rings is 1. The van der Waals surface area contributed by atoms with E-state index in [1.54, 1.807) is 0 Å². The molecule has 0 aromatic heterocycles. The summed E-state index contributed by atoms with van der Waals surface area (Å²) in [6.45, 7) is 5.77. The molecule has 164 valence electrons. The Hall–Kier alpha value is -0.560. The van der Waals surface area contributed by atoms with Gasteiger partial charge in [-0.1, -0.05) is 26.2 Å². The van der Waals surface area contributed by atoms with Gasteiger partial charge < -0.3 is 16.0 Å². The Balaban J connectivity index is 0.00000196. The van der Waals surface area contributed by atoms with Gasteiger partial charge in [0.1, 0.15) is 0 Å². The van der Waals surface area contributed by atoms with Crippen LogP contribution in [0.15, 0.2) is 0 Å². The van der Waals surface area contributed by atoms with Crippen molar-refractivity contribution in [3.63, 3.8) is 0 Å². The van der Waals surface area contributed by atoms with Crippen molar-refractivity contribution in [2.45, 2.75) is 70.4 Å². The average molecular weight is 437 g/mol. The maximum absolute atomic E-state index is 12.5. The molecule has 1 aliphatic heterocycles. The lowest BCUT2D eigenvalue weighted by atomic mass is 9.87. The lowest BCUT2D eigenvalue weighted by Crippen LogP contribution is -2.52. The van der Waals surface area contributed by atoms with Crippen LogP contribution in [0.25, 0.3) is 0 Å². The van der Waals surface area contributed by atoms with Crippen molar-refractivity contribution in [1.82, 2.24) is 15.1 Å². The van der Waals surface area contributed by atoms with E-state index < -0.39 is 0 Å². The number of amides is 2. The minimum absolute atomic E-state index is 0. The molecule has 8 heteroatoms. The summed E-state index contributed by atoms with van der Waals surface area (Å²) < 4.78 is 0. The largest absolute Gasteiger partial charge is 0.352 e. The van der Waals surface area contributed by atoms with E-state index in [1.807, 2.05) is 4.90 Å². The normalized spacial score (nSPS) is 30.9. The maximum atomic E-state index is 12.5. The Bertz CT molecular complexity index is 501. The Kier molecular flexibility index (Phi) is 11.1. The second kappa shape index (κ2) is 12.2. The molecule has 28 heavy (non-hydrogen) atoms.